The van der Waals surface area contributed by atoms with Crippen molar-refractivity contribution in [1.82, 2.24) is 0 Å². The molecule has 1 aromatic carbocycles. The first-order valence-electron chi connectivity index (χ1n) is 3.83. The first-order valence-corrected chi connectivity index (χ1v) is 5.00. The summed E-state index contributed by atoms with van der Waals surface area (Å²) >= 11 is 8.47. The van der Waals surface area contributed by atoms with Gasteiger partial charge in [0, 0.05) is 10.0 Å². The fourth-order valence-corrected chi connectivity index (χ4v) is 1.95. The Hall–Kier alpha value is -0.420. The maximum Gasteiger partial charge on any atom is 0.253 e. The molecule has 0 aliphatic rings. The van der Waals surface area contributed by atoms with Crippen molar-refractivity contribution >= 4 is 32.8 Å². The summed E-state index contributed by atoms with van der Waals surface area (Å²) in [5, 5.41) is 17.3. The second kappa shape index (κ2) is 4.89. The van der Waals surface area contributed by atoms with Crippen molar-refractivity contribution in [3.05, 3.63) is 33.3 Å². The molecule has 0 bridgehead atoms. The van der Waals surface area contributed by atoms with Gasteiger partial charge in [-0.1, -0.05) is 0 Å². The van der Waals surface area contributed by atoms with Crippen LogP contribution in [0.15, 0.2) is 16.6 Å². The summed E-state index contributed by atoms with van der Waals surface area (Å²) < 4.78 is 0.513. The average molecular weight is 280 g/mol. The molecule has 5 heteroatoms. The van der Waals surface area contributed by atoms with Crippen LogP contribution in [-0.4, -0.2) is 15.5 Å². The summed E-state index contributed by atoms with van der Waals surface area (Å²) in [5.74, 6) is 0. The van der Waals surface area contributed by atoms with Crippen LogP contribution < -0.4 is 0 Å². The molecular weight excluding hydrogens is 271 g/mol. The van der Waals surface area contributed by atoms with Crippen molar-refractivity contribution in [3.8, 4) is 0 Å². The molecule has 1 aromatic rings. The van der Waals surface area contributed by atoms with Gasteiger partial charge in [-0.25, -0.2) is 0 Å². The van der Waals surface area contributed by atoms with Gasteiger partial charge in [0.2, 0.25) is 0 Å². The van der Waals surface area contributed by atoms with Gasteiger partial charge < -0.3 is 10.2 Å². The van der Waals surface area contributed by atoms with Gasteiger partial charge in [-0.2, -0.15) is 0 Å². The van der Waals surface area contributed by atoms with Gasteiger partial charge in [-0.05, 0) is 50.8 Å². The van der Waals surface area contributed by atoms with Crippen LogP contribution in [0.2, 0.25) is 0 Å². The molecule has 76 valence electrons. The molecule has 0 fully saturated rings. The van der Waals surface area contributed by atoms with Gasteiger partial charge in [0.05, 0.1) is 13.2 Å². The van der Waals surface area contributed by atoms with Crippen LogP contribution in [-0.2, 0) is 13.2 Å². The highest BCUT2D eigenvalue weighted by molar-refractivity contribution is 9.10. The highest BCUT2D eigenvalue weighted by Crippen LogP contribution is 2.24. The van der Waals surface area contributed by atoms with Gasteiger partial charge in [0.15, 0.2) is 0 Å². The van der Waals surface area contributed by atoms with Crippen molar-refractivity contribution in [3.63, 3.8) is 0 Å². The van der Waals surface area contributed by atoms with Crippen molar-refractivity contribution in [1.29, 1.82) is 0 Å². The molecule has 2 N–H and O–H groups in total. The van der Waals surface area contributed by atoms with E-state index in [1.165, 1.54) is 6.07 Å². The number of carbonyl (C=O) groups is 1. The number of aliphatic hydroxyl groups is 2. The fraction of sp³-hybridized carbons (Fsp3) is 0.222. The average Bonchev–Trinajstić information content (AvgIpc) is 2.16. The zero-order valence-electron chi connectivity index (χ0n) is 7.13. The Labute approximate surface area is 94.4 Å². The molecule has 0 aliphatic heterocycles. The predicted octanol–water partition coefficient (Wildman–Crippen LogP) is 1.81. The summed E-state index contributed by atoms with van der Waals surface area (Å²) in [6, 6.07) is 3.03. The van der Waals surface area contributed by atoms with Crippen molar-refractivity contribution in [2.75, 3.05) is 0 Å². The number of aliphatic hydroxyl groups excluding tert-OH is 2. The molecule has 0 unspecified atom stereocenters. The number of carbonyl (C=O) groups excluding carboxylic acids is 1. The molecule has 0 radical (unpaired) electrons. The minimum absolute atomic E-state index is 0.189. The highest BCUT2D eigenvalue weighted by atomic mass is 79.9. The van der Waals surface area contributed by atoms with E-state index in [0.29, 0.717) is 15.6 Å². The molecule has 0 aliphatic carbocycles. The standard InChI is InChI=1S/C9H8BrClO3/c10-8-2-6(4-13)5(3-12)1-7(8)9(11)14/h1-2,12-13H,3-4H2. The lowest BCUT2D eigenvalue weighted by Gasteiger charge is -2.07. The molecule has 0 heterocycles. The number of halogens is 2. The van der Waals surface area contributed by atoms with E-state index in [2.05, 4.69) is 15.9 Å². The second-order valence-corrected chi connectivity index (χ2v) is 3.89. The lowest BCUT2D eigenvalue weighted by molar-refractivity contribution is 0.108. The first-order chi connectivity index (χ1) is 6.60. The van der Waals surface area contributed by atoms with Crippen molar-refractivity contribution in [2.45, 2.75) is 13.2 Å². The predicted molar refractivity (Wildman–Crippen MR) is 56.2 cm³/mol. The quantitative estimate of drug-likeness (QED) is 0.830. The summed E-state index contributed by atoms with van der Waals surface area (Å²) in [6.45, 7) is -0.425. The Kier molecular flexibility index (Phi) is 4.07. The van der Waals surface area contributed by atoms with Crippen LogP contribution in [0.4, 0.5) is 0 Å². The van der Waals surface area contributed by atoms with E-state index in [0.717, 1.165) is 0 Å². The van der Waals surface area contributed by atoms with Crippen LogP contribution in [0.1, 0.15) is 21.5 Å². The van der Waals surface area contributed by atoms with E-state index < -0.39 is 5.24 Å². The lowest BCUT2D eigenvalue weighted by Crippen LogP contribution is -1.99. The highest BCUT2D eigenvalue weighted by Gasteiger charge is 2.11. The summed E-state index contributed by atoms with van der Waals surface area (Å²) in [7, 11) is 0. The van der Waals surface area contributed by atoms with Crippen LogP contribution in [0, 0.1) is 0 Å². The molecule has 0 atom stereocenters. The number of rotatable bonds is 3. The van der Waals surface area contributed by atoms with Crippen LogP contribution >= 0.6 is 27.5 Å². The largest absolute Gasteiger partial charge is 0.392 e. The van der Waals surface area contributed by atoms with E-state index in [1.54, 1.807) is 6.07 Å². The van der Waals surface area contributed by atoms with E-state index in [-0.39, 0.29) is 18.8 Å². The normalized spacial score (nSPS) is 10.3. The lowest BCUT2D eigenvalue weighted by atomic mass is 10.1. The SMILES string of the molecule is O=C(Cl)c1cc(CO)c(CO)cc1Br. The number of benzene rings is 1. The minimum atomic E-state index is -0.601. The first kappa shape index (κ1) is 11.7. The molecule has 3 nitrogen and oxygen atoms in total. The second-order valence-electron chi connectivity index (χ2n) is 2.69. The Morgan fingerprint density at radius 3 is 2.21 bits per heavy atom. The number of hydrogen-bond acceptors (Lipinski definition) is 3. The van der Waals surface area contributed by atoms with Crippen LogP contribution in [0.5, 0.6) is 0 Å². The molecular formula is C9H8BrClO3. The smallest absolute Gasteiger partial charge is 0.253 e. The topological polar surface area (TPSA) is 57.5 Å². The zero-order valence-corrected chi connectivity index (χ0v) is 9.47. The molecule has 0 aromatic heterocycles. The third-order valence-corrected chi connectivity index (χ3v) is 2.70. The van der Waals surface area contributed by atoms with E-state index in [1.807, 2.05) is 0 Å². The molecule has 14 heavy (non-hydrogen) atoms. The van der Waals surface area contributed by atoms with Gasteiger partial charge in [-0.3, -0.25) is 4.79 Å². The molecule has 0 amide bonds. The molecule has 0 spiro atoms. The Morgan fingerprint density at radius 1 is 1.29 bits per heavy atom. The van der Waals surface area contributed by atoms with Crippen molar-refractivity contribution < 1.29 is 15.0 Å². The zero-order chi connectivity index (χ0) is 10.7. The van der Waals surface area contributed by atoms with Gasteiger partial charge >= 0.3 is 0 Å². The summed E-state index contributed by atoms with van der Waals surface area (Å²) in [5.41, 5.74) is 1.36. The molecule has 0 saturated heterocycles. The Balaban J connectivity index is 3.30. The summed E-state index contributed by atoms with van der Waals surface area (Å²) in [4.78, 5) is 10.9. The Bertz CT molecular complexity index is 365. The van der Waals surface area contributed by atoms with E-state index in [4.69, 9.17) is 21.8 Å². The molecule has 1 rings (SSSR count). The van der Waals surface area contributed by atoms with Gasteiger partial charge in [0.25, 0.3) is 5.24 Å². The van der Waals surface area contributed by atoms with Crippen molar-refractivity contribution in [2.24, 2.45) is 0 Å². The minimum Gasteiger partial charge on any atom is -0.392 e. The Morgan fingerprint density at radius 2 is 1.79 bits per heavy atom. The van der Waals surface area contributed by atoms with E-state index in [9.17, 15) is 4.79 Å². The monoisotopic (exact) mass is 278 g/mol. The van der Waals surface area contributed by atoms with E-state index >= 15 is 0 Å². The van der Waals surface area contributed by atoms with Crippen LogP contribution in [0.25, 0.3) is 0 Å². The number of hydrogen-bond donors (Lipinski definition) is 2. The third kappa shape index (κ3) is 2.33. The summed E-state index contributed by atoms with van der Waals surface area (Å²) in [6.07, 6.45) is 0. The van der Waals surface area contributed by atoms with Gasteiger partial charge in [-0.15, -0.1) is 0 Å². The molecule has 0 saturated carbocycles. The third-order valence-electron chi connectivity index (χ3n) is 1.84. The van der Waals surface area contributed by atoms with Gasteiger partial charge in [0.1, 0.15) is 0 Å². The maximum absolute atomic E-state index is 10.9. The maximum atomic E-state index is 10.9. The van der Waals surface area contributed by atoms with Crippen LogP contribution in [0.3, 0.4) is 0 Å². The fourth-order valence-electron chi connectivity index (χ4n) is 1.10.